The molecule has 0 spiro atoms. The number of fused-ring (bicyclic) bond motifs is 1. The maximum absolute atomic E-state index is 13.7. The molecule has 2 aromatic carbocycles. The van der Waals surface area contributed by atoms with E-state index in [9.17, 15) is 26.3 Å². The van der Waals surface area contributed by atoms with Crippen molar-refractivity contribution in [2.45, 2.75) is 25.2 Å². The Morgan fingerprint density at radius 1 is 0.769 bits per heavy atom. The van der Waals surface area contributed by atoms with E-state index < -0.39 is 23.5 Å². The third-order valence-corrected chi connectivity index (χ3v) is 6.14. The molecule has 2 aromatic heterocycles. The van der Waals surface area contributed by atoms with Crippen LogP contribution in [0.1, 0.15) is 22.4 Å². The van der Waals surface area contributed by atoms with Gasteiger partial charge in [0.2, 0.25) is 0 Å². The third kappa shape index (κ3) is 6.05. The molecule has 39 heavy (non-hydrogen) atoms. The molecule has 0 saturated heterocycles. The van der Waals surface area contributed by atoms with Crippen molar-refractivity contribution < 1.29 is 31.1 Å². The van der Waals surface area contributed by atoms with E-state index in [4.69, 9.17) is 4.74 Å². The minimum Gasteiger partial charge on any atom is -0.424 e. The molecule has 0 atom stereocenters. The molecule has 12 heteroatoms. The van der Waals surface area contributed by atoms with Crippen molar-refractivity contribution in [1.29, 1.82) is 0 Å². The monoisotopic (exact) mass is 545 g/mol. The number of hydrogen-bond acceptors (Lipinski definition) is 6. The van der Waals surface area contributed by atoms with Gasteiger partial charge in [0.25, 0.3) is 0 Å². The van der Waals surface area contributed by atoms with Crippen LogP contribution < -0.4 is 15.0 Å². The smallest absolute Gasteiger partial charge is 0.419 e. The van der Waals surface area contributed by atoms with Gasteiger partial charge in [0.15, 0.2) is 0 Å². The zero-order chi connectivity index (χ0) is 27.6. The number of benzene rings is 2. The summed E-state index contributed by atoms with van der Waals surface area (Å²) in [5.74, 6) is 0.588. The minimum atomic E-state index is -4.57. The van der Waals surface area contributed by atoms with E-state index in [1.807, 2.05) is 6.07 Å². The van der Waals surface area contributed by atoms with Crippen molar-refractivity contribution in [1.82, 2.24) is 15.0 Å². The summed E-state index contributed by atoms with van der Waals surface area (Å²) in [4.78, 5) is 14.5. The van der Waals surface area contributed by atoms with Crippen molar-refractivity contribution in [2.24, 2.45) is 0 Å². The quantitative estimate of drug-likeness (QED) is 0.271. The fraction of sp³-hybridized carbons (Fsp3) is 0.222. The summed E-state index contributed by atoms with van der Waals surface area (Å²) >= 11 is 0. The molecule has 0 aliphatic carbocycles. The van der Waals surface area contributed by atoms with Crippen molar-refractivity contribution >= 4 is 17.3 Å². The molecule has 3 heterocycles. The molecule has 0 radical (unpaired) electrons. The Morgan fingerprint density at radius 3 is 2.18 bits per heavy atom. The Hall–Kier alpha value is -4.35. The van der Waals surface area contributed by atoms with Gasteiger partial charge in [-0.05, 0) is 55.0 Å². The van der Waals surface area contributed by atoms with Gasteiger partial charge in [-0.15, -0.1) is 0 Å². The molecule has 6 nitrogen and oxygen atoms in total. The molecule has 0 bridgehead atoms. The van der Waals surface area contributed by atoms with Gasteiger partial charge in [-0.2, -0.15) is 36.3 Å². The van der Waals surface area contributed by atoms with Crippen LogP contribution in [0.3, 0.4) is 0 Å². The number of rotatable bonds is 5. The van der Waals surface area contributed by atoms with Crippen LogP contribution in [-0.2, 0) is 25.2 Å². The van der Waals surface area contributed by atoms with Gasteiger partial charge in [0.1, 0.15) is 17.4 Å². The second-order valence-electron chi connectivity index (χ2n) is 8.75. The van der Waals surface area contributed by atoms with Gasteiger partial charge in [-0.25, -0.2) is 4.98 Å². The van der Waals surface area contributed by atoms with Gasteiger partial charge >= 0.3 is 18.4 Å². The highest BCUT2D eigenvalue weighted by atomic mass is 19.4. The maximum Gasteiger partial charge on any atom is 0.419 e. The molecule has 0 amide bonds. The average molecular weight is 545 g/mol. The fourth-order valence-electron chi connectivity index (χ4n) is 4.28. The highest BCUT2D eigenvalue weighted by Gasteiger charge is 2.36. The lowest BCUT2D eigenvalue weighted by molar-refractivity contribution is -0.138. The summed E-state index contributed by atoms with van der Waals surface area (Å²) in [5, 5.41) is 3.04. The van der Waals surface area contributed by atoms with Crippen molar-refractivity contribution in [3.05, 3.63) is 95.3 Å². The first-order valence-electron chi connectivity index (χ1n) is 11.9. The molecule has 1 N–H and O–H groups in total. The van der Waals surface area contributed by atoms with E-state index in [1.54, 1.807) is 29.2 Å². The zero-order valence-corrected chi connectivity index (χ0v) is 20.2. The largest absolute Gasteiger partial charge is 0.424 e. The number of para-hydroxylation sites is 1. The summed E-state index contributed by atoms with van der Waals surface area (Å²) in [6, 6.07) is 15.4. The van der Waals surface area contributed by atoms with E-state index >= 15 is 0 Å². The standard InChI is InChI=1S/C27H21F6N5O/c28-26(29,30)17-8-10-18(11-9-17)35-23-20-12-15-38(24-21(27(31,32)33)7-4-14-34-24)16-13-22(20)36-25(37-23)39-19-5-2-1-3-6-19/h1-11,14H,12-13,15-16H2,(H,35,36,37). The number of aromatic nitrogens is 3. The third-order valence-electron chi connectivity index (χ3n) is 6.14. The maximum atomic E-state index is 13.7. The highest BCUT2D eigenvalue weighted by molar-refractivity contribution is 5.62. The molecule has 1 aliphatic rings. The Labute approximate surface area is 219 Å². The van der Waals surface area contributed by atoms with E-state index in [2.05, 4.69) is 20.3 Å². The van der Waals surface area contributed by atoms with E-state index in [-0.39, 0.29) is 37.8 Å². The SMILES string of the molecule is FC(F)(F)c1ccc(Nc2nc(Oc3ccccc3)nc3c2CCN(c2ncccc2C(F)(F)F)CC3)cc1. The van der Waals surface area contributed by atoms with Crippen molar-refractivity contribution in [2.75, 3.05) is 23.3 Å². The molecular formula is C27H21F6N5O. The normalized spacial score (nSPS) is 13.9. The lowest BCUT2D eigenvalue weighted by atomic mass is 10.1. The van der Waals surface area contributed by atoms with Crippen LogP contribution in [0.4, 0.5) is 43.7 Å². The Morgan fingerprint density at radius 2 is 1.49 bits per heavy atom. The topological polar surface area (TPSA) is 63.2 Å². The van der Waals surface area contributed by atoms with Gasteiger partial charge < -0.3 is 15.0 Å². The second-order valence-corrected chi connectivity index (χ2v) is 8.75. The Balaban J connectivity index is 1.48. The number of halogens is 6. The van der Waals surface area contributed by atoms with Crippen molar-refractivity contribution in [3.8, 4) is 11.8 Å². The van der Waals surface area contributed by atoms with Crippen LogP contribution in [0.2, 0.25) is 0 Å². The molecule has 1 aliphatic heterocycles. The van der Waals surface area contributed by atoms with E-state index in [1.165, 1.54) is 24.4 Å². The number of anilines is 3. The summed E-state index contributed by atoms with van der Waals surface area (Å²) in [6.07, 6.45) is -7.22. The molecule has 0 unspecified atom stereocenters. The van der Waals surface area contributed by atoms with Crippen LogP contribution in [0.25, 0.3) is 0 Å². The highest BCUT2D eigenvalue weighted by Crippen LogP contribution is 2.37. The number of nitrogens with one attached hydrogen (secondary N) is 1. The van der Waals surface area contributed by atoms with Crippen LogP contribution in [0, 0.1) is 0 Å². The lowest BCUT2D eigenvalue weighted by Gasteiger charge is -2.24. The first-order valence-corrected chi connectivity index (χ1v) is 11.9. The first-order chi connectivity index (χ1) is 18.6. The predicted molar refractivity (Wildman–Crippen MR) is 132 cm³/mol. The van der Waals surface area contributed by atoms with Crippen LogP contribution in [-0.4, -0.2) is 28.0 Å². The molecule has 0 saturated carbocycles. The molecule has 202 valence electrons. The second kappa shape index (κ2) is 10.4. The van der Waals surface area contributed by atoms with Crippen molar-refractivity contribution in [3.63, 3.8) is 0 Å². The summed E-state index contributed by atoms with van der Waals surface area (Å²) in [7, 11) is 0. The Kier molecular flexibility index (Phi) is 7.02. The minimum absolute atomic E-state index is 0.00312. The predicted octanol–water partition coefficient (Wildman–Crippen LogP) is 7.05. The number of hydrogen-bond donors (Lipinski definition) is 1. The molecule has 0 fully saturated rings. The lowest BCUT2D eigenvalue weighted by Crippen LogP contribution is -2.29. The fourth-order valence-corrected chi connectivity index (χ4v) is 4.28. The summed E-state index contributed by atoms with van der Waals surface area (Å²) in [6.45, 7) is 0.394. The van der Waals surface area contributed by atoms with Crippen LogP contribution >= 0.6 is 0 Å². The van der Waals surface area contributed by atoms with Gasteiger partial charge in [-0.1, -0.05) is 18.2 Å². The number of ether oxygens (including phenoxy) is 1. The summed E-state index contributed by atoms with van der Waals surface area (Å²) in [5.41, 5.74) is -0.105. The average Bonchev–Trinajstić information content (AvgIpc) is 3.12. The zero-order valence-electron chi connectivity index (χ0n) is 20.2. The molecule has 4 aromatic rings. The Bertz CT molecular complexity index is 1440. The molecule has 5 rings (SSSR count). The van der Waals surface area contributed by atoms with Crippen LogP contribution in [0.15, 0.2) is 72.9 Å². The summed E-state index contributed by atoms with van der Waals surface area (Å²) < 4.78 is 85.8. The van der Waals surface area contributed by atoms with E-state index in [0.29, 0.717) is 28.5 Å². The van der Waals surface area contributed by atoms with Gasteiger partial charge in [-0.3, -0.25) is 0 Å². The van der Waals surface area contributed by atoms with E-state index in [0.717, 1.165) is 18.2 Å². The number of alkyl halides is 6. The first kappa shape index (κ1) is 26.3. The van der Waals surface area contributed by atoms with Gasteiger partial charge in [0.05, 0.1) is 16.8 Å². The molecular weight excluding hydrogens is 524 g/mol. The number of nitrogens with zero attached hydrogens (tertiary/aromatic N) is 4. The van der Waals surface area contributed by atoms with Crippen LogP contribution in [0.5, 0.6) is 11.8 Å². The van der Waals surface area contributed by atoms with Gasteiger partial charge in [0, 0.05) is 37.0 Å². The number of pyridine rings is 1.